The number of hydrogen-bond donors (Lipinski definition) is 1. The summed E-state index contributed by atoms with van der Waals surface area (Å²) in [4.78, 5) is 15.6. The molecule has 0 aliphatic heterocycles. The average Bonchev–Trinajstić information content (AvgIpc) is 2.56. The minimum atomic E-state index is -0.126. The molecule has 0 fully saturated rings. The molecule has 1 heterocycles. The van der Waals surface area contributed by atoms with Crippen LogP contribution in [0, 0.1) is 0 Å². The molecular formula is C16H17N3O2S. The van der Waals surface area contributed by atoms with Crippen LogP contribution in [0.5, 0.6) is 5.75 Å². The van der Waals surface area contributed by atoms with Gasteiger partial charge in [0.15, 0.2) is 0 Å². The second-order valence-corrected chi connectivity index (χ2v) is 5.41. The molecule has 1 amide bonds. The summed E-state index contributed by atoms with van der Waals surface area (Å²) in [5, 5.41) is 3.90. The monoisotopic (exact) mass is 315 g/mol. The zero-order valence-corrected chi connectivity index (χ0v) is 13.0. The molecule has 6 heteroatoms. The first-order valence-corrected chi connectivity index (χ1v) is 7.86. The van der Waals surface area contributed by atoms with E-state index in [1.807, 2.05) is 36.4 Å². The molecular weight excluding hydrogens is 298 g/mol. The highest BCUT2D eigenvalue weighted by Crippen LogP contribution is 2.16. The normalized spacial score (nSPS) is 10.6. The van der Waals surface area contributed by atoms with E-state index < -0.39 is 0 Å². The van der Waals surface area contributed by atoms with Crippen LogP contribution in [0.3, 0.4) is 0 Å². The van der Waals surface area contributed by atoms with E-state index in [4.69, 9.17) is 4.74 Å². The van der Waals surface area contributed by atoms with Crippen molar-refractivity contribution in [3.8, 4) is 5.75 Å². The van der Waals surface area contributed by atoms with E-state index >= 15 is 0 Å². The number of methoxy groups -OCH3 is 1. The Labute approximate surface area is 133 Å². The van der Waals surface area contributed by atoms with Gasteiger partial charge in [-0.05, 0) is 23.8 Å². The molecule has 2 aromatic rings. The Balaban J connectivity index is 1.68. The number of ether oxygens (including phenoxy) is 1. The van der Waals surface area contributed by atoms with E-state index in [2.05, 4.69) is 15.5 Å². The SMILES string of the molecule is COc1ccc(CSCC(=O)N/N=C\c2cccnc2)cc1. The van der Waals surface area contributed by atoms with E-state index in [9.17, 15) is 4.79 Å². The molecule has 2 rings (SSSR count). The average molecular weight is 315 g/mol. The zero-order chi connectivity index (χ0) is 15.6. The van der Waals surface area contributed by atoms with Gasteiger partial charge in [0.2, 0.25) is 5.91 Å². The lowest BCUT2D eigenvalue weighted by molar-refractivity contribution is -0.118. The second-order valence-electron chi connectivity index (χ2n) is 4.42. The van der Waals surface area contributed by atoms with Gasteiger partial charge in [0, 0.05) is 23.7 Å². The van der Waals surface area contributed by atoms with Crippen LogP contribution >= 0.6 is 11.8 Å². The molecule has 22 heavy (non-hydrogen) atoms. The van der Waals surface area contributed by atoms with Gasteiger partial charge in [-0.2, -0.15) is 5.10 Å². The molecule has 0 radical (unpaired) electrons. The van der Waals surface area contributed by atoms with Crippen LogP contribution < -0.4 is 10.2 Å². The van der Waals surface area contributed by atoms with Crippen molar-refractivity contribution >= 4 is 23.9 Å². The summed E-state index contributed by atoms with van der Waals surface area (Å²) in [5.74, 6) is 1.83. The van der Waals surface area contributed by atoms with Crippen molar-refractivity contribution < 1.29 is 9.53 Å². The number of aromatic nitrogens is 1. The largest absolute Gasteiger partial charge is 0.497 e. The highest BCUT2D eigenvalue weighted by Gasteiger charge is 2.01. The van der Waals surface area contributed by atoms with E-state index in [1.54, 1.807) is 25.7 Å². The van der Waals surface area contributed by atoms with Gasteiger partial charge in [-0.1, -0.05) is 18.2 Å². The molecule has 0 atom stereocenters. The minimum absolute atomic E-state index is 0.126. The molecule has 0 saturated carbocycles. The summed E-state index contributed by atoms with van der Waals surface area (Å²) in [7, 11) is 1.64. The van der Waals surface area contributed by atoms with Gasteiger partial charge in [-0.15, -0.1) is 11.8 Å². The van der Waals surface area contributed by atoms with Gasteiger partial charge < -0.3 is 4.74 Å². The number of hydrogen-bond acceptors (Lipinski definition) is 5. The predicted molar refractivity (Wildman–Crippen MR) is 89.1 cm³/mol. The number of thioether (sulfide) groups is 1. The van der Waals surface area contributed by atoms with Gasteiger partial charge in [-0.3, -0.25) is 9.78 Å². The summed E-state index contributed by atoms with van der Waals surface area (Å²) >= 11 is 1.54. The Morgan fingerprint density at radius 3 is 2.86 bits per heavy atom. The Morgan fingerprint density at radius 2 is 2.18 bits per heavy atom. The summed E-state index contributed by atoms with van der Waals surface area (Å²) in [5.41, 5.74) is 4.49. The number of hydrazone groups is 1. The summed E-state index contributed by atoms with van der Waals surface area (Å²) < 4.78 is 5.10. The van der Waals surface area contributed by atoms with Gasteiger partial charge in [0.25, 0.3) is 0 Å². The Morgan fingerprint density at radius 1 is 1.36 bits per heavy atom. The van der Waals surface area contributed by atoms with Gasteiger partial charge in [0.05, 0.1) is 19.1 Å². The lowest BCUT2D eigenvalue weighted by atomic mass is 10.2. The third-order valence-electron chi connectivity index (χ3n) is 2.75. The van der Waals surface area contributed by atoms with Gasteiger partial charge in [-0.25, -0.2) is 5.43 Å². The van der Waals surface area contributed by atoms with Crippen LogP contribution in [0.1, 0.15) is 11.1 Å². The fraction of sp³-hybridized carbons (Fsp3) is 0.188. The molecule has 5 nitrogen and oxygen atoms in total. The van der Waals surface area contributed by atoms with Crippen LogP contribution in [0.15, 0.2) is 53.9 Å². The van der Waals surface area contributed by atoms with Crippen molar-refractivity contribution in [3.63, 3.8) is 0 Å². The topological polar surface area (TPSA) is 63.6 Å². The number of amides is 1. The van der Waals surface area contributed by atoms with Gasteiger partial charge >= 0.3 is 0 Å². The van der Waals surface area contributed by atoms with Crippen molar-refractivity contribution in [2.24, 2.45) is 5.10 Å². The third kappa shape index (κ3) is 5.57. The van der Waals surface area contributed by atoms with E-state index in [0.717, 1.165) is 22.6 Å². The standard InChI is InChI=1S/C16H17N3O2S/c1-21-15-6-4-13(5-7-15)11-22-12-16(20)19-18-10-14-3-2-8-17-9-14/h2-10H,11-12H2,1H3,(H,19,20)/b18-10-. The molecule has 0 unspecified atom stereocenters. The molecule has 1 aromatic carbocycles. The molecule has 0 aliphatic carbocycles. The molecule has 1 aromatic heterocycles. The van der Waals surface area contributed by atoms with Crippen LogP contribution in [0.2, 0.25) is 0 Å². The number of carbonyl (C=O) groups is 1. The predicted octanol–water partition coefficient (Wildman–Crippen LogP) is 2.47. The Bertz CT molecular complexity index is 615. The maximum Gasteiger partial charge on any atom is 0.250 e. The van der Waals surface area contributed by atoms with Crippen molar-refractivity contribution in [1.29, 1.82) is 0 Å². The maximum absolute atomic E-state index is 11.6. The van der Waals surface area contributed by atoms with Crippen LogP contribution in [0.25, 0.3) is 0 Å². The quantitative estimate of drug-likeness (QED) is 0.630. The number of nitrogens with zero attached hydrogens (tertiary/aromatic N) is 2. The Hall–Kier alpha value is -2.34. The molecule has 0 spiro atoms. The first-order chi connectivity index (χ1) is 10.8. The molecule has 0 bridgehead atoms. The highest BCUT2D eigenvalue weighted by molar-refractivity contribution is 7.99. The summed E-state index contributed by atoms with van der Waals surface area (Å²) in [6.07, 6.45) is 4.93. The van der Waals surface area contributed by atoms with Crippen LogP contribution in [-0.4, -0.2) is 30.0 Å². The lowest BCUT2D eigenvalue weighted by Crippen LogP contribution is -2.19. The van der Waals surface area contributed by atoms with Crippen LogP contribution in [0.4, 0.5) is 0 Å². The first kappa shape index (κ1) is 16.0. The minimum Gasteiger partial charge on any atom is -0.497 e. The first-order valence-electron chi connectivity index (χ1n) is 6.70. The van der Waals surface area contributed by atoms with E-state index in [-0.39, 0.29) is 5.91 Å². The summed E-state index contributed by atoms with van der Waals surface area (Å²) in [6, 6.07) is 11.5. The number of pyridine rings is 1. The Kier molecular flexibility index (Phi) is 6.44. The third-order valence-corrected chi connectivity index (χ3v) is 3.75. The van der Waals surface area contributed by atoms with Crippen molar-refractivity contribution in [3.05, 3.63) is 59.9 Å². The van der Waals surface area contributed by atoms with Crippen LogP contribution in [-0.2, 0) is 10.5 Å². The number of nitrogens with one attached hydrogen (secondary N) is 1. The second kappa shape index (κ2) is 8.84. The fourth-order valence-electron chi connectivity index (χ4n) is 1.65. The maximum atomic E-state index is 11.6. The molecule has 0 saturated heterocycles. The van der Waals surface area contributed by atoms with Crippen molar-refractivity contribution in [2.45, 2.75) is 5.75 Å². The van der Waals surface area contributed by atoms with Crippen molar-refractivity contribution in [2.75, 3.05) is 12.9 Å². The molecule has 114 valence electrons. The number of carbonyl (C=O) groups excluding carboxylic acids is 1. The lowest BCUT2D eigenvalue weighted by Gasteiger charge is -2.03. The molecule has 0 aliphatic rings. The summed E-state index contributed by atoms with van der Waals surface area (Å²) in [6.45, 7) is 0. The zero-order valence-electron chi connectivity index (χ0n) is 12.2. The fourth-order valence-corrected chi connectivity index (χ4v) is 2.43. The van der Waals surface area contributed by atoms with Gasteiger partial charge in [0.1, 0.15) is 5.75 Å². The number of benzene rings is 1. The van der Waals surface area contributed by atoms with E-state index in [0.29, 0.717) is 5.75 Å². The smallest absolute Gasteiger partial charge is 0.250 e. The molecule has 1 N–H and O–H groups in total. The van der Waals surface area contributed by atoms with Crippen molar-refractivity contribution in [1.82, 2.24) is 10.4 Å². The highest BCUT2D eigenvalue weighted by atomic mass is 32.2. The van der Waals surface area contributed by atoms with E-state index in [1.165, 1.54) is 11.8 Å². The number of rotatable bonds is 7.